The van der Waals surface area contributed by atoms with Crippen LogP contribution < -0.4 is 5.56 Å². The molecule has 0 bridgehead atoms. The van der Waals surface area contributed by atoms with Gasteiger partial charge in [-0.05, 0) is 54.8 Å². The Balaban J connectivity index is 1.78. The third-order valence-electron chi connectivity index (χ3n) is 4.41. The molecule has 1 aliphatic heterocycles. The Morgan fingerprint density at radius 3 is 2.56 bits per heavy atom. The Kier molecular flexibility index (Phi) is 5.10. The number of nitrogens with zero attached hydrogens (tertiary/aromatic N) is 2. The molecule has 0 atom stereocenters. The lowest BCUT2D eigenvalue weighted by Gasteiger charge is -2.15. The van der Waals surface area contributed by atoms with Crippen molar-refractivity contribution < 1.29 is 4.39 Å². The van der Waals surface area contributed by atoms with E-state index in [-0.39, 0.29) is 11.4 Å². The Bertz CT molecular complexity index is 1040. The van der Waals surface area contributed by atoms with Crippen molar-refractivity contribution in [3.05, 3.63) is 81.0 Å². The molecule has 0 aliphatic carbocycles. The van der Waals surface area contributed by atoms with Gasteiger partial charge in [0.05, 0.1) is 16.3 Å². The SMILES string of the molecule is Cc1cc(C)cc(-n2c(SCc3ccc(F)cc3)nc3c(c2=O)SCC3)c1. The zero-order chi connectivity index (χ0) is 19.0. The van der Waals surface area contributed by atoms with E-state index in [0.717, 1.165) is 45.1 Å². The van der Waals surface area contributed by atoms with Gasteiger partial charge in [-0.1, -0.05) is 30.0 Å². The number of benzene rings is 2. The molecule has 2 aromatic carbocycles. The number of aromatic nitrogens is 2. The van der Waals surface area contributed by atoms with Crippen molar-refractivity contribution >= 4 is 23.5 Å². The minimum Gasteiger partial charge on any atom is -0.268 e. The average Bonchev–Trinajstić information content (AvgIpc) is 3.09. The van der Waals surface area contributed by atoms with Crippen LogP contribution in [0.3, 0.4) is 0 Å². The highest BCUT2D eigenvalue weighted by Crippen LogP contribution is 2.31. The predicted octanol–water partition coefficient (Wildman–Crippen LogP) is 4.93. The number of hydrogen-bond donors (Lipinski definition) is 0. The van der Waals surface area contributed by atoms with E-state index in [1.807, 2.05) is 26.0 Å². The van der Waals surface area contributed by atoms with Gasteiger partial charge in [0.2, 0.25) is 0 Å². The quantitative estimate of drug-likeness (QED) is 0.461. The molecule has 0 N–H and O–H groups in total. The molecule has 138 valence electrons. The van der Waals surface area contributed by atoms with E-state index >= 15 is 0 Å². The highest BCUT2D eigenvalue weighted by atomic mass is 32.2. The second-order valence-corrected chi connectivity index (χ2v) is 8.72. The molecule has 0 spiro atoms. The zero-order valence-electron chi connectivity index (χ0n) is 15.2. The summed E-state index contributed by atoms with van der Waals surface area (Å²) in [5.74, 6) is 1.28. The van der Waals surface area contributed by atoms with Gasteiger partial charge in [0.15, 0.2) is 5.16 Å². The first kappa shape index (κ1) is 18.3. The minimum atomic E-state index is -0.247. The first-order valence-electron chi connectivity index (χ1n) is 8.76. The van der Waals surface area contributed by atoms with Crippen molar-refractivity contribution in [2.24, 2.45) is 0 Å². The van der Waals surface area contributed by atoms with Gasteiger partial charge in [-0.25, -0.2) is 9.37 Å². The van der Waals surface area contributed by atoms with Crippen LogP contribution in [0.4, 0.5) is 4.39 Å². The molecule has 0 amide bonds. The lowest BCUT2D eigenvalue weighted by atomic mass is 10.1. The topological polar surface area (TPSA) is 34.9 Å². The van der Waals surface area contributed by atoms with Crippen molar-refractivity contribution in [1.29, 1.82) is 0 Å². The summed E-state index contributed by atoms with van der Waals surface area (Å²) in [6.07, 6.45) is 0.826. The van der Waals surface area contributed by atoms with Gasteiger partial charge in [0, 0.05) is 17.9 Å². The second-order valence-electron chi connectivity index (χ2n) is 6.67. The fourth-order valence-corrected chi connectivity index (χ4v) is 5.23. The van der Waals surface area contributed by atoms with E-state index in [1.54, 1.807) is 28.5 Å². The number of aryl methyl sites for hydroxylation is 3. The van der Waals surface area contributed by atoms with E-state index in [1.165, 1.54) is 23.9 Å². The van der Waals surface area contributed by atoms with Gasteiger partial charge >= 0.3 is 0 Å². The highest BCUT2D eigenvalue weighted by molar-refractivity contribution is 7.99. The molecule has 0 saturated carbocycles. The molecule has 3 aromatic rings. The second kappa shape index (κ2) is 7.52. The molecule has 3 nitrogen and oxygen atoms in total. The van der Waals surface area contributed by atoms with Gasteiger partial charge in [-0.15, -0.1) is 11.8 Å². The van der Waals surface area contributed by atoms with Crippen LogP contribution in [0.2, 0.25) is 0 Å². The summed E-state index contributed by atoms with van der Waals surface area (Å²) in [5.41, 5.74) is 4.97. The van der Waals surface area contributed by atoms with Gasteiger partial charge < -0.3 is 0 Å². The molecule has 0 unspecified atom stereocenters. The number of halogens is 1. The molecule has 0 fully saturated rings. The van der Waals surface area contributed by atoms with Crippen LogP contribution in [0.1, 0.15) is 22.4 Å². The molecule has 0 radical (unpaired) electrons. The number of hydrogen-bond acceptors (Lipinski definition) is 4. The number of thioether (sulfide) groups is 2. The van der Waals surface area contributed by atoms with E-state index < -0.39 is 0 Å². The van der Waals surface area contributed by atoms with E-state index in [2.05, 4.69) is 6.07 Å². The van der Waals surface area contributed by atoms with E-state index in [0.29, 0.717) is 10.9 Å². The molecule has 27 heavy (non-hydrogen) atoms. The van der Waals surface area contributed by atoms with E-state index in [4.69, 9.17) is 4.98 Å². The molecule has 2 heterocycles. The maximum absolute atomic E-state index is 13.2. The largest absolute Gasteiger partial charge is 0.272 e. The molecule has 1 aromatic heterocycles. The van der Waals surface area contributed by atoms with Crippen LogP contribution in [0.15, 0.2) is 57.3 Å². The highest BCUT2D eigenvalue weighted by Gasteiger charge is 2.22. The summed E-state index contributed by atoms with van der Waals surface area (Å²) in [5, 5.41) is 0.690. The number of fused-ring (bicyclic) bond motifs is 1. The molecule has 6 heteroatoms. The molecular formula is C21H19FN2OS2. The smallest absolute Gasteiger partial charge is 0.268 e. The third kappa shape index (κ3) is 3.82. The van der Waals surface area contributed by atoms with Crippen LogP contribution in [0.5, 0.6) is 0 Å². The lowest BCUT2D eigenvalue weighted by Crippen LogP contribution is -2.24. The van der Waals surface area contributed by atoms with Crippen LogP contribution >= 0.6 is 23.5 Å². The first-order chi connectivity index (χ1) is 13.0. The normalized spacial score (nSPS) is 13.0. The summed E-state index contributed by atoms with van der Waals surface area (Å²) < 4.78 is 14.9. The fraction of sp³-hybridized carbons (Fsp3) is 0.238. The van der Waals surface area contributed by atoms with Gasteiger partial charge in [0.25, 0.3) is 5.56 Å². The van der Waals surface area contributed by atoms with Crippen LogP contribution in [-0.2, 0) is 12.2 Å². The van der Waals surface area contributed by atoms with Crippen molar-refractivity contribution in [3.8, 4) is 5.69 Å². The lowest BCUT2D eigenvalue weighted by molar-refractivity contribution is 0.627. The van der Waals surface area contributed by atoms with Gasteiger partial charge in [-0.2, -0.15) is 0 Å². The summed E-state index contributed by atoms with van der Waals surface area (Å²) >= 11 is 3.10. The minimum absolute atomic E-state index is 0.00843. The Morgan fingerprint density at radius 2 is 1.85 bits per heavy atom. The van der Waals surface area contributed by atoms with Crippen molar-refractivity contribution in [1.82, 2.24) is 9.55 Å². The zero-order valence-corrected chi connectivity index (χ0v) is 16.8. The first-order valence-corrected chi connectivity index (χ1v) is 10.7. The Labute approximate surface area is 166 Å². The van der Waals surface area contributed by atoms with Gasteiger partial charge in [-0.3, -0.25) is 9.36 Å². The maximum Gasteiger partial charge on any atom is 0.272 e. The van der Waals surface area contributed by atoms with Crippen molar-refractivity contribution in [2.45, 2.75) is 36.1 Å². The Hall–Kier alpha value is -2.05. The maximum atomic E-state index is 13.2. The predicted molar refractivity (Wildman–Crippen MR) is 110 cm³/mol. The summed E-state index contributed by atoms with van der Waals surface area (Å²) in [7, 11) is 0. The summed E-state index contributed by atoms with van der Waals surface area (Å²) in [6, 6.07) is 12.6. The molecule has 1 aliphatic rings. The van der Waals surface area contributed by atoms with Crippen LogP contribution in [0, 0.1) is 19.7 Å². The third-order valence-corrected chi connectivity index (χ3v) is 6.53. The average molecular weight is 399 g/mol. The molecular weight excluding hydrogens is 379 g/mol. The standard InChI is InChI=1S/C21H19FN2OS2/c1-13-9-14(2)11-17(10-13)24-20(25)19-18(7-8-26-19)23-21(24)27-12-15-3-5-16(22)6-4-15/h3-6,9-11H,7-8,12H2,1-2H3. The van der Waals surface area contributed by atoms with Crippen LogP contribution in [0.25, 0.3) is 5.69 Å². The number of rotatable bonds is 4. The molecule has 4 rings (SSSR count). The summed E-state index contributed by atoms with van der Waals surface area (Å²) in [4.78, 5) is 18.8. The van der Waals surface area contributed by atoms with Crippen molar-refractivity contribution in [2.75, 3.05) is 5.75 Å². The van der Waals surface area contributed by atoms with Crippen molar-refractivity contribution in [3.63, 3.8) is 0 Å². The van der Waals surface area contributed by atoms with E-state index in [9.17, 15) is 9.18 Å². The fourth-order valence-electron chi connectivity index (χ4n) is 3.23. The summed E-state index contributed by atoms with van der Waals surface area (Å²) in [6.45, 7) is 4.06. The monoisotopic (exact) mass is 398 g/mol. The van der Waals surface area contributed by atoms with Gasteiger partial charge in [0.1, 0.15) is 5.82 Å². The molecule has 0 saturated heterocycles. The van der Waals surface area contributed by atoms with Crippen LogP contribution in [-0.4, -0.2) is 15.3 Å². The Morgan fingerprint density at radius 1 is 1.15 bits per heavy atom.